The molecule has 0 aliphatic heterocycles. The van der Waals surface area contributed by atoms with E-state index in [0.29, 0.717) is 5.92 Å². The summed E-state index contributed by atoms with van der Waals surface area (Å²) in [4.78, 5) is 0. The summed E-state index contributed by atoms with van der Waals surface area (Å²) < 4.78 is 0. The molecule has 1 aliphatic carbocycles. The van der Waals surface area contributed by atoms with Crippen molar-refractivity contribution < 1.29 is 0 Å². The van der Waals surface area contributed by atoms with Crippen molar-refractivity contribution in [3.63, 3.8) is 0 Å². The van der Waals surface area contributed by atoms with E-state index in [4.69, 9.17) is 0 Å². The Balaban J connectivity index is 2.44. The minimum absolute atomic E-state index is 0.713. The lowest BCUT2D eigenvalue weighted by molar-refractivity contribution is 0.381. The summed E-state index contributed by atoms with van der Waals surface area (Å²) >= 11 is 0. The molecule has 0 fully saturated rings. The van der Waals surface area contributed by atoms with Crippen molar-refractivity contribution in [2.45, 2.75) is 47.0 Å². The van der Waals surface area contributed by atoms with Gasteiger partial charge in [0, 0.05) is 0 Å². The molecule has 0 N–H and O–H groups in total. The van der Waals surface area contributed by atoms with E-state index in [1.807, 2.05) is 0 Å². The Morgan fingerprint density at radius 3 is 2.73 bits per heavy atom. The van der Waals surface area contributed by atoms with Gasteiger partial charge in [-0.1, -0.05) is 42.4 Å². The second-order valence-corrected chi connectivity index (χ2v) is 5.07. The van der Waals surface area contributed by atoms with Crippen molar-refractivity contribution in [2.24, 2.45) is 11.8 Å². The lowest BCUT2D eigenvalue weighted by atomic mass is 9.81. The van der Waals surface area contributed by atoms with Gasteiger partial charge in [0.2, 0.25) is 0 Å². The highest BCUT2D eigenvalue weighted by Gasteiger charge is 2.16. The number of hydrogen-bond donors (Lipinski definition) is 0. The Labute approximate surface area is 94.8 Å². The first kappa shape index (κ1) is 12.3. The fourth-order valence-electron chi connectivity index (χ4n) is 2.04. The van der Waals surface area contributed by atoms with E-state index < -0.39 is 0 Å². The highest BCUT2D eigenvalue weighted by Crippen LogP contribution is 2.29. The molecule has 0 bridgehead atoms. The number of hydrogen-bond acceptors (Lipinski definition) is 0. The third-order valence-electron chi connectivity index (χ3n) is 3.27. The maximum atomic E-state index is 2.42. The molecule has 0 heterocycles. The molecule has 15 heavy (non-hydrogen) atoms. The molecule has 0 nitrogen and oxygen atoms in total. The quantitative estimate of drug-likeness (QED) is 0.453. The molecule has 0 aromatic carbocycles. The zero-order valence-corrected chi connectivity index (χ0v) is 10.6. The van der Waals surface area contributed by atoms with Gasteiger partial charge in [-0.2, -0.15) is 0 Å². The van der Waals surface area contributed by atoms with E-state index >= 15 is 0 Å². The maximum absolute atomic E-state index is 2.42. The van der Waals surface area contributed by atoms with Gasteiger partial charge >= 0.3 is 0 Å². The minimum atomic E-state index is 0.713. The largest absolute Gasteiger partial charge is 0.0853 e. The van der Waals surface area contributed by atoms with E-state index in [0.717, 1.165) is 5.92 Å². The zero-order chi connectivity index (χ0) is 11.3. The molecule has 0 spiro atoms. The number of rotatable bonds is 3. The molecular formula is C15H24. The van der Waals surface area contributed by atoms with Crippen LogP contribution >= 0.6 is 0 Å². The average Bonchev–Trinajstić information content (AvgIpc) is 2.18. The lowest BCUT2D eigenvalue weighted by Crippen LogP contribution is -2.12. The molecular weight excluding hydrogens is 180 g/mol. The van der Waals surface area contributed by atoms with Crippen molar-refractivity contribution >= 4 is 0 Å². The summed E-state index contributed by atoms with van der Waals surface area (Å²) in [6, 6.07) is 0. The summed E-state index contributed by atoms with van der Waals surface area (Å²) in [5, 5.41) is 0. The van der Waals surface area contributed by atoms with Crippen LogP contribution in [0.25, 0.3) is 0 Å². The van der Waals surface area contributed by atoms with E-state index in [1.165, 1.54) is 24.8 Å². The third kappa shape index (κ3) is 4.51. The predicted molar refractivity (Wildman–Crippen MR) is 68.8 cm³/mol. The van der Waals surface area contributed by atoms with Crippen molar-refractivity contribution in [3.05, 3.63) is 35.5 Å². The van der Waals surface area contributed by atoms with Crippen LogP contribution in [0.2, 0.25) is 0 Å². The highest BCUT2D eigenvalue weighted by atomic mass is 14.2. The Kier molecular flexibility index (Phi) is 4.87. The SMILES string of the molecule is CC(C)=C/C=C\[C@@H](C)[C@@H]1CC=C(C)CC1. The predicted octanol–water partition coefficient (Wildman–Crippen LogP) is 4.89. The van der Waals surface area contributed by atoms with Crippen LogP contribution in [0.15, 0.2) is 35.5 Å². The molecule has 84 valence electrons. The molecule has 0 saturated carbocycles. The van der Waals surface area contributed by atoms with Gasteiger partial charge in [-0.15, -0.1) is 0 Å². The Bertz CT molecular complexity index is 274. The van der Waals surface area contributed by atoms with E-state index in [-0.39, 0.29) is 0 Å². The van der Waals surface area contributed by atoms with Gasteiger partial charge in [0.15, 0.2) is 0 Å². The van der Waals surface area contributed by atoms with Crippen molar-refractivity contribution in [1.29, 1.82) is 0 Å². The van der Waals surface area contributed by atoms with Crippen LogP contribution in [0.1, 0.15) is 47.0 Å². The Morgan fingerprint density at radius 2 is 2.20 bits per heavy atom. The monoisotopic (exact) mass is 204 g/mol. The molecule has 1 aliphatic rings. The summed E-state index contributed by atoms with van der Waals surface area (Å²) in [6.45, 7) is 8.87. The van der Waals surface area contributed by atoms with Gasteiger partial charge < -0.3 is 0 Å². The molecule has 2 atom stereocenters. The van der Waals surface area contributed by atoms with E-state index in [1.54, 1.807) is 5.57 Å². The van der Waals surface area contributed by atoms with Gasteiger partial charge in [-0.3, -0.25) is 0 Å². The minimum Gasteiger partial charge on any atom is -0.0853 e. The molecule has 1 rings (SSSR count). The van der Waals surface area contributed by atoms with Gasteiger partial charge in [0.05, 0.1) is 0 Å². The Hall–Kier alpha value is -0.780. The third-order valence-corrected chi connectivity index (χ3v) is 3.27. The normalized spacial score (nSPS) is 23.7. The van der Waals surface area contributed by atoms with Crippen LogP contribution in [0.3, 0.4) is 0 Å². The molecule has 0 heteroatoms. The van der Waals surface area contributed by atoms with Crippen molar-refractivity contribution in [2.75, 3.05) is 0 Å². The first-order chi connectivity index (χ1) is 7.09. The first-order valence-corrected chi connectivity index (χ1v) is 6.07. The zero-order valence-electron chi connectivity index (χ0n) is 10.6. The summed E-state index contributed by atoms with van der Waals surface area (Å²) in [6.07, 6.45) is 13.1. The topological polar surface area (TPSA) is 0 Å². The van der Waals surface area contributed by atoms with Gasteiger partial charge in [0.25, 0.3) is 0 Å². The van der Waals surface area contributed by atoms with E-state index in [2.05, 4.69) is 52.0 Å². The smallest absolute Gasteiger partial charge is 0.0227 e. The molecule has 0 amide bonds. The van der Waals surface area contributed by atoms with Gasteiger partial charge in [-0.05, 0) is 51.9 Å². The molecule has 0 saturated heterocycles. The lowest BCUT2D eigenvalue weighted by Gasteiger charge is -2.24. The summed E-state index contributed by atoms with van der Waals surface area (Å²) in [7, 11) is 0. The van der Waals surface area contributed by atoms with Crippen LogP contribution < -0.4 is 0 Å². The second-order valence-electron chi connectivity index (χ2n) is 5.07. The van der Waals surface area contributed by atoms with Crippen LogP contribution in [-0.4, -0.2) is 0 Å². The number of allylic oxidation sites excluding steroid dienone is 6. The maximum Gasteiger partial charge on any atom is -0.0227 e. The van der Waals surface area contributed by atoms with Gasteiger partial charge in [0.1, 0.15) is 0 Å². The van der Waals surface area contributed by atoms with Crippen LogP contribution in [-0.2, 0) is 0 Å². The van der Waals surface area contributed by atoms with Gasteiger partial charge in [-0.25, -0.2) is 0 Å². The van der Waals surface area contributed by atoms with Crippen LogP contribution in [0, 0.1) is 11.8 Å². The highest BCUT2D eigenvalue weighted by molar-refractivity contribution is 5.11. The Morgan fingerprint density at radius 1 is 1.47 bits per heavy atom. The average molecular weight is 204 g/mol. The van der Waals surface area contributed by atoms with Crippen LogP contribution in [0.5, 0.6) is 0 Å². The van der Waals surface area contributed by atoms with E-state index in [9.17, 15) is 0 Å². The summed E-state index contributed by atoms with van der Waals surface area (Å²) in [5.74, 6) is 1.57. The van der Waals surface area contributed by atoms with Crippen molar-refractivity contribution in [3.8, 4) is 0 Å². The summed E-state index contributed by atoms with van der Waals surface area (Å²) in [5.41, 5.74) is 2.95. The molecule has 0 unspecified atom stereocenters. The standard InChI is InChI=1S/C15H24/c1-12(2)6-5-7-14(4)15-10-8-13(3)9-11-15/h5-8,14-15H,9-11H2,1-4H3/b7-5-/t14-,15-/m1/s1. The first-order valence-electron chi connectivity index (χ1n) is 6.07. The fraction of sp³-hybridized carbons (Fsp3) is 0.600. The fourth-order valence-corrected chi connectivity index (χ4v) is 2.04. The molecule has 0 aromatic heterocycles. The molecule has 0 aromatic rings. The van der Waals surface area contributed by atoms with Crippen molar-refractivity contribution in [1.82, 2.24) is 0 Å². The van der Waals surface area contributed by atoms with Crippen LogP contribution in [0.4, 0.5) is 0 Å². The second kappa shape index (κ2) is 5.95. The molecule has 0 radical (unpaired) electrons.